The van der Waals surface area contributed by atoms with Crippen LogP contribution in [0.25, 0.3) is 0 Å². The van der Waals surface area contributed by atoms with Gasteiger partial charge in [0.2, 0.25) is 0 Å². The van der Waals surface area contributed by atoms with Crippen LogP contribution < -0.4 is 5.32 Å². The van der Waals surface area contributed by atoms with Gasteiger partial charge in [-0.25, -0.2) is 0 Å². The minimum absolute atomic E-state index is 0.780. The second-order valence-corrected chi connectivity index (χ2v) is 3.76. The Morgan fingerprint density at radius 3 is 2.56 bits per heavy atom. The lowest BCUT2D eigenvalue weighted by Crippen LogP contribution is -2.18. The molecule has 0 rings (SSSR count). The lowest BCUT2D eigenvalue weighted by Gasteiger charge is -2.04. The van der Waals surface area contributed by atoms with Gasteiger partial charge in [-0.1, -0.05) is 20.8 Å². The van der Waals surface area contributed by atoms with Gasteiger partial charge in [0.1, 0.15) is 0 Å². The van der Waals surface area contributed by atoms with Gasteiger partial charge in [0.15, 0.2) is 0 Å². The molecular formula is C7H17NS. The second kappa shape index (κ2) is 6.43. The molecule has 0 amide bonds. The van der Waals surface area contributed by atoms with Crippen molar-refractivity contribution in [2.24, 2.45) is 5.92 Å². The van der Waals surface area contributed by atoms with Crippen molar-refractivity contribution in [2.75, 3.05) is 18.2 Å². The van der Waals surface area contributed by atoms with Crippen LogP contribution in [-0.2, 0) is 0 Å². The number of nitrogens with one attached hydrogen (secondary N) is 1. The van der Waals surface area contributed by atoms with Crippen LogP contribution in [0.4, 0.5) is 0 Å². The van der Waals surface area contributed by atoms with Crippen molar-refractivity contribution in [1.29, 1.82) is 0 Å². The molecule has 0 spiro atoms. The van der Waals surface area contributed by atoms with E-state index >= 15 is 0 Å². The average molecular weight is 147 g/mol. The zero-order chi connectivity index (χ0) is 7.11. The summed E-state index contributed by atoms with van der Waals surface area (Å²) >= 11 is 1.94. The molecule has 0 aromatic heterocycles. The molecule has 56 valence electrons. The Bertz CT molecular complexity index is 54.9. The van der Waals surface area contributed by atoms with E-state index in [1.807, 2.05) is 11.8 Å². The van der Waals surface area contributed by atoms with Crippen molar-refractivity contribution in [1.82, 2.24) is 5.32 Å². The number of hydrogen-bond donors (Lipinski definition) is 1. The highest BCUT2D eigenvalue weighted by atomic mass is 32.2. The van der Waals surface area contributed by atoms with E-state index in [2.05, 4.69) is 26.1 Å². The van der Waals surface area contributed by atoms with Gasteiger partial charge in [0.05, 0.1) is 0 Å². The molecule has 0 aliphatic carbocycles. The van der Waals surface area contributed by atoms with Crippen LogP contribution in [0.1, 0.15) is 20.8 Å². The van der Waals surface area contributed by atoms with Crippen molar-refractivity contribution in [3.8, 4) is 0 Å². The summed E-state index contributed by atoms with van der Waals surface area (Å²) in [5, 5.41) is 3.35. The number of thioether (sulfide) groups is 1. The summed E-state index contributed by atoms with van der Waals surface area (Å²) < 4.78 is 0. The van der Waals surface area contributed by atoms with E-state index in [0.29, 0.717) is 0 Å². The predicted molar refractivity (Wildman–Crippen MR) is 45.8 cm³/mol. The van der Waals surface area contributed by atoms with Crippen LogP contribution in [0.15, 0.2) is 0 Å². The Balaban J connectivity index is 2.75. The second-order valence-electron chi connectivity index (χ2n) is 2.49. The summed E-state index contributed by atoms with van der Waals surface area (Å²) in [4.78, 5) is 0. The molecule has 0 radical (unpaired) electrons. The van der Waals surface area contributed by atoms with Crippen molar-refractivity contribution >= 4 is 11.8 Å². The van der Waals surface area contributed by atoms with Gasteiger partial charge in [-0.3, -0.25) is 0 Å². The zero-order valence-corrected chi connectivity index (χ0v) is 7.42. The molecule has 1 N–H and O–H groups in total. The van der Waals surface area contributed by atoms with Crippen molar-refractivity contribution in [3.05, 3.63) is 0 Å². The van der Waals surface area contributed by atoms with Crippen molar-refractivity contribution in [3.63, 3.8) is 0 Å². The Morgan fingerprint density at radius 2 is 2.11 bits per heavy atom. The molecule has 0 saturated heterocycles. The largest absolute Gasteiger partial charge is 0.308 e. The van der Waals surface area contributed by atoms with Crippen molar-refractivity contribution < 1.29 is 0 Å². The predicted octanol–water partition coefficient (Wildman–Crippen LogP) is 1.94. The fourth-order valence-electron chi connectivity index (χ4n) is 0.522. The molecule has 9 heavy (non-hydrogen) atoms. The molecular weight excluding hydrogens is 130 g/mol. The van der Waals surface area contributed by atoms with E-state index in [0.717, 1.165) is 18.3 Å². The van der Waals surface area contributed by atoms with Gasteiger partial charge in [0, 0.05) is 5.88 Å². The average Bonchev–Trinajstić information content (AvgIpc) is 1.80. The first-order valence-electron chi connectivity index (χ1n) is 3.55. The third-order valence-electron chi connectivity index (χ3n) is 0.961. The van der Waals surface area contributed by atoms with E-state index in [1.54, 1.807) is 0 Å². The summed E-state index contributed by atoms with van der Waals surface area (Å²) in [6, 6.07) is 0. The maximum absolute atomic E-state index is 3.35. The minimum Gasteiger partial charge on any atom is -0.308 e. The lowest BCUT2D eigenvalue weighted by molar-refractivity contribution is 0.588. The first-order chi connectivity index (χ1) is 4.27. The van der Waals surface area contributed by atoms with Gasteiger partial charge in [-0.05, 0) is 18.2 Å². The highest BCUT2D eigenvalue weighted by Gasteiger charge is 1.90. The quantitative estimate of drug-likeness (QED) is 0.471. The summed E-state index contributed by atoms with van der Waals surface area (Å²) in [7, 11) is 0. The molecule has 0 atom stereocenters. The van der Waals surface area contributed by atoms with Gasteiger partial charge >= 0.3 is 0 Å². The van der Waals surface area contributed by atoms with Crippen LogP contribution in [-0.4, -0.2) is 18.2 Å². The molecule has 0 saturated carbocycles. The first-order valence-corrected chi connectivity index (χ1v) is 4.71. The third kappa shape index (κ3) is 8.31. The molecule has 0 aromatic rings. The molecule has 0 aliphatic heterocycles. The van der Waals surface area contributed by atoms with Gasteiger partial charge in [-0.15, -0.1) is 11.8 Å². The molecule has 2 heteroatoms. The van der Waals surface area contributed by atoms with Crippen molar-refractivity contribution in [2.45, 2.75) is 20.8 Å². The van der Waals surface area contributed by atoms with E-state index in [4.69, 9.17) is 0 Å². The van der Waals surface area contributed by atoms with Gasteiger partial charge in [0.25, 0.3) is 0 Å². The Hall–Kier alpha value is 0.310. The van der Waals surface area contributed by atoms with Gasteiger partial charge in [-0.2, -0.15) is 0 Å². The van der Waals surface area contributed by atoms with E-state index in [1.165, 1.54) is 5.75 Å². The molecule has 0 aromatic carbocycles. The summed E-state index contributed by atoms with van der Waals surface area (Å²) in [6.45, 7) is 7.78. The fourth-order valence-corrected chi connectivity index (χ4v) is 0.988. The van der Waals surface area contributed by atoms with Crippen LogP contribution in [0.5, 0.6) is 0 Å². The smallest absolute Gasteiger partial charge is 0.0417 e. The third-order valence-corrected chi connectivity index (χ3v) is 1.78. The standard InChI is InChI=1S/C7H17NS/c1-4-9-6-8-5-7(2)3/h7-8H,4-6H2,1-3H3. The highest BCUT2D eigenvalue weighted by Crippen LogP contribution is 1.95. The summed E-state index contributed by atoms with van der Waals surface area (Å²) in [5.41, 5.74) is 0. The number of rotatable bonds is 5. The fraction of sp³-hybridized carbons (Fsp3) is 1.00. The Labute approximate surface area is 62.6 Å². The van der Waals surface area contributed by atoms with E-state index in [9.17, 15) is 0 Å². The Morgan fingerprint density at radius 1 is 1.44 bits per heavy atom. The first kappa shape index (κ1) is 9.31. The molecule has 0 heterocycles. The monoisotopic (exact) mass is 147 g/mol. The summed E-state index contributed by atoms with van der Waals surface area (Å²) in [5.74, 6) is 3.10. The van der Waals surface area contributed by atoms with E-state index < -0.39 is 0 Å². The topological polar surface area (TPSA) is 12.0 Å². The van der Waals surface area contributed by atoms with E-state index in [-0.39, 0.29) is 0 Å². The lowest BCUT2D eigenvalue weighted by atomic mass is 10.2. The minimum atomic E-state index is 0.780. The maximum Gasteiger partial charge on any atom is 0.0417 e. The Kier molecular flexibility index (Phi) is 6.65. The van der Waals surface area contributed by atoms with Crippen LogP contribution in [0.2, 0.25) is 0 Å². The maximum atomic E-state index is 3.35. The van der Waals surface area contributed by atoms with Crippen LogP contribution in [0, 0.1) is 5.92 Å². The van der Waals surface area contributed by atoms with Crippen LogP contribution in [0.3, 0.4) is 0 Å². The molecule has 0 aliphatic rings. The molecule has 0 unspecified atom stereocenters. The zero-order valence-electron chi connectivity index (χ0n) is 6.61. The summed E-state index contributed by atoms with van der Waals surface area (Å²) in [6.07, 6.45) is 0. The number of hydrogen-bond acceptors (Lipinski definition) is 2. The molecule has 0 fully saturated rings. The molecule has 0 bridgehead atoms. The molecule has 1 nitrogen and oxygen atoms in total. The SMILES string of the molecule is CCSCNCC(C)C. The highest BCUT2D eigenvalue weighted by molar-refractivity contribution is 7.99. The van der Waals surface area contributed by atoms with Gasteiger partial charge < -0.3 is 5.32 Å². The van der Waals surface area contributed by atoms with Crippen LogP contribution >= 0.6 is 11.8 Å². The normalized spacial score (nSPS) is 10.7.